The molecular weight excluding hydrogens is 286 g/mol. The highest BCUT2D eigenvalue weighted by molar-refractivity contribution is 9.10. The molecule has 82 valence electrons. The molecule has 2 rings (SSSR count). The Balaban J connectivity index is 2.47. The fraction of sp³-hybridized carbons (Fsp3) is 0.0909. The van der Waals surface area contributed by atoms with Crippen LogP contribution < -0.4 is 5.73 Å². The van der Waals surface area contributed by atoms with Crippen LogP contribution in [0.3, 0.4) is 0 Å². The Morgan fingerprint density at radius 2 is 1.88 bits per heavy atom. The van der Waals surface area contributed by atoms with Crippen LogP contribution in [0, 0.1) is 0 Å². The van der Waals surface area contributed by atoms with E-state index in [1.54, 1.807) is 11.8 Å². The fourth-order valence-electron chi connectivity index (χ4n) is 1.32. The van der Waals surface area contributed by atoms with Crippen molar-refractivity contribution in [3.63, 3.8) is 0 Å². The quantitative estimate of drug-likeness (QED) is 0.683. The molecule has 2 aromatic rings. The van der Waals surface area contributed by atoms with Crippen molar-refractivity contribution in [2.45, 2.75) is 5.03 Å². The number of thioether (sulfide) groups is 1. The van der Waals surface area contributed by atoms with Crippen molar-refractivity contribution >= 4 is 33.6 Å². The van der Waals surface area contributed by atoms with Gasteiger partial charge in [0.05, 0.1) is 5.69 Å². The van der Waals surface area contributed by atoms with Crippen molar-refractivity contribution in [2.75, 3.05) is 12.0 Å². The van der Waals surface area contributed by atoms with Gasteiger partial charge in [0, 0.05) is 10.0 Å². The molecule has 0 aliphatic carbocycles. The first-order valence-corrected chi connectivity index (χ1v) is 6.65. The minimum absolute atomic E-state index is 0.310. The van der Waals surface area contributed by atoms with E-state index in [1.165, 1.54) is 0 Å². The Kier molecular flexibility index (Phi) is 3.46. The first-order chi connectivity index (χ1) is 7.69. The molecule has 0 spiro atoms. The van der Waals surface area contributed by atoms with Crippen molar-refractivity contribution in [3.8, 4) is 11.3 Å². The maximum absolute atomic E-state index is 5.66. The molecule has 0 radical (unpaired) electrons. The number of nitrogens with zero attached hydrogens (tertiary/aromatic N) is 2. The van der Waals surface area contributed by atoms with Crippen molar-refractivity contribution in [1.29, 1.82) is 0 Å². The molecule has 0 aliphatic rings. The van der Waals surface area contributed by atoms with E-state index >= 15 is 0 Å². The lowest BCUT2D eigenvalue weighted by Crippen LogP contribution is -1.97. The molecule has 5 heteroatoms. The molecule has 1 heterocycles. The minimum Gasteiger partial charge on any atom is -0.368 e. The molecule has 0 saturated heterocycles. The number of halogens is 1. The summed E-state index contributed by atoms with van der Waals surface area (Å²) in [4.78, 5) is 8.34. The lowest BCUT2D eigenvalue weighted by molar-refractivity contribution is 1.07. The molecule has 0 aliphatic heterocycles. The largest absolute Gasteiger partial charge is 0.368 e. The van der Waals surface area contributed by atoms with E-state index in [-0.39, 0.29) is 0 Å². The first kappa shape index (κ1) is 11.4. The molecule has 1 aromatic heterocycles. The summed E-state index contributed by atoms with van der Waals surface area (Å²) in [6.45, 7) is 0. The van der Waals surface area contributed by atoms with E-state index < -0.39 is 0 Å². The molecule has 0 fully saturated rings. The highest BCUT2D eigenvalue weighted by atomic mass is 79.9. The molecule has 16 heavy (non-hydrogen) atoms. The van der Waals surface area contributed by atoms with Crippen LogP contribution in [0.2, 0.25) is 0 Å². The van der Waals surface area contributed by atoms with Gasteiger partial charge in [-0.1, -0.05) is 28.1 Å². The van der Waals surface area contributed by atoms with Crippen molar-refractivity contribution < 1.29 is 0 Å². The fourth-order valence-corrected chi connectivity index (χ4v) is 1.99. The molecule has 3 nitrogen and oxygen atoms in total. The average molecular weight is 296 g/mol. The van der Waals surface area contributed by atoms with Crippen LogP contribution in [-0.4, -0.2) is 16.2 Å². The second-order valence-corrected chi connectivity index (χ2v) is 4.90. The second-order valence-electron chi connectivity index (χ2n) is 3.16. The van der Waals surface area contributed by atoms with Gasteiger partial charge < -0.3 is 5.73 Å². The Morgan fingerprint density at radius 3 is 2.50 bits per heavy atom. The van der Waals surface area contributed by atoms with Crippen LogP contribution >= 0.6 is 27.7 Å². The highest BCUT2D eigenvalue weighted by Gasteiger charge is 2.04. The molecule has 0 saturated carbocycles. The number of rotatable bonds is 2. The van der Waals surface area contributed by atoms with Gasteiger partial charge in [0.25, 0.3) is 0 Å². The van der Waals surface area contributed by atoms with Gasteiger partial charge in [-0.2, -0.15) is 0 Å². The Labute approximate surface area is 107 Å². The number of nitrogen functional groups attached to an aromatic ring is 1. The van der Waals surface area contributed by atoms with Gasteiger partial charge in [0.1, 0.15) is 5.03 Å². The van der Waals surface area contributed by atoms with Gasteiger partial charge in [-0.3, -0.25) is 0 Å². The van der Waals surface area contributed by atoms with Gasteiger partial charge in [0.2, 0.25) is 5.95 Å². The van der Waals surface area contributed by atoms with Crippen LogP contribution in [0.1, 0.15) is 0 Å². The summed E-state index contributed by atoms with van der Waals surface area (Å²) in [5.74, 6) is 0.310. The number of anilines is 1. The third kappa shape index (κ3) is 2.54. The number of nitrogens with two attached hydrogens (primary N) is 1. The zero-order valence-corrected chi connectivity index (χ0v) is 11.0. The molecule has 0 unspecified atom stereocenters. The second kappa shape index (κ2) is 4.84. The molecule has 0 bridgehead atoms. The summed E-state index contributed by atoms with van der Waals surface area (Å²) in [5.41, 5.74) is 7.54. The third-order valence-electron chi connectivity index (χ3n) is 2.07. The van der Waals surface area contributed by atoms with Crippen LogP contribution in [-0.2, 0) is 0 Å². The van der Waals surface area contributed by atoms with Crippen LogP contribution in [0.5, 0.6) is 0 Å². The van der Waals surface area contributed by atoms with Crippen molar-refractivity contribution in [3.05, 3.63) is 34.8 Å². The topological polar surface area (TPSA) is 51.8 Å². The SMILES string of the molecule is CSc1cc(-c2ccc(Br)cc2)nc(N)n1. The van der Waals surface area contributed by atoms with Gasteiger partial charge in [-0.15, -0.1) is 11.8 Å². The van der Waals surface area contributed by atoms with E-state index in [0.717, 1.165) is 20.8 Å². The molecule has 1 aromatic carbocycles. The zero-order chi connectivity index (χ0) is 11.5. The lowest BCUT2D eigenvalue weighted by Gasteiger charge is -2.04. The molecule has 2 N–H and O–H groups in total. The summed E-state index contributed by atoms with van der Waals surface area (Å²) in [5, 5.41) is 0.880. The minimum atomic E-state index is 0.310. The summed E-state index contributed by atoms with van der Waals surface area (Å²) in [7, 11) is 0. The summed E-state index contributed by atoms with van der Waals surface area (Å²) < 4.78 is 1.04. The summed E-state index contributed by atoms with van der Waals surface area (Å²) >= 11 is 4.95. The first-order valence-electron chi connectivity index (χ1n) is 4.63. The summed E-state index contributed by atoms with van der Waals surface area (Å²) in [6.07, 6.45) is 1.97. The lowest BCUT2D eigenvalue weighted by atomic mass is 10.1. The van der Waals surface area contributed by atoms with E-state index in [2.05, 4.69) is 25.9 Å². The van der Waals surface area contributed by atoms with E-state index in [4.69, 9.17) is 5.73 Å². The Bertz CT molecular complexity index is 499. The van der Waals surface area contributed by atoms with Gasteiger partial charge in [-0.25, -0.2) is 9.97 Å². The summed E-state index contributed by atoms with van der Waals surface area (Å²) in [6, 6.07) is 9.88. The van der Waals surface area contributed by atoms with E-state index in [0.29, 0.717) is 5.95 Å². The predicted molar refractivity (Wildman–Crippen MR) is 71.4 cm³/mol. The highest BCUT2D eigenvalue weighted by Crippen LogP contribution is 2.23. The van der Waals surface area contributed by atoms with Gasteiger partial charge in [-0.05, 0) is 24.5 Å². The monoisotopic (exact) mass is 295 g/mol. The molecular formula is C11H10BrN3S. The number of aromatic nitrogens is 2. The molecule has 0 atom stereocenters. The average Bonchev–Trinajstić information content (AvgIpc) is 2.29. The van der Waals surface area contributed by atoms with Crippen molar-refractivity contribution in [1.82, 2.24) is 9.97 Å². The number of benzene rings is 1. The number of hydrogen-bond acceptors (Lipinski definition) is 4. The van der Waals surface area contributed by atoms with Crippen LogP contribution in [0.4, 0.5) is 5.95 Å². The Hall–Kier alpha value is -1.07. The van der Waals surface area contributed by atoms with Crippen molar-refractivity contribution in [2.24, 2.45) is 0 Å². The Morgan fingerprint density at radius 1 is 1.19 bits per heavy atom. The maximum atomic E-state index is 5.66. The normalized spacial score (nSPS) is 10.4. The van der Waals surface area contributed by atoms with Gasteiger partial charge in [0.15, 0.2) is 0 Å². The van der Waals surface area contributed by atoms with E-state index in [9.17, 15) is 0 Å². The number of hydrogen-bond donors (Lipinski definition) is 1. The van der Waals surface area contributed by atoms with Crippen LogP contribution in [0.25, 0.3) is 11.3 Å². The predicted octanol–water partition coefficient (Wildman–Crippen LogP) is 3.21. The van der Waals surface area contributed by atoms with Crippen LogP contribution in [0.15, 0.2) is 39.8 Å². The van der Waals surface area contributed by atoms with Gasteiger partial charge >= 0.3 is 0 Å². The standard InChI is InChI=1S/C11H10BrN3S/c1-16-10-6-9(14-11(13)15-10)7-2-4-8(12)5-3-7/h2-6H,1H3,(H2,13,14,15). The van der Waals surface area contributed by atoms with E-state index in [1.807, 2.05) is 36.6 Å². The smallest absolute Gasteiger partial charge is 0.221 e. The third-order valence-corrected chi connectivity index (χ3v) is 3.23. The molecule has 0 amide bonds. The maximum Gasteiger partial charge on any atom is 0.221 e. The zero-order valence-electron chi connectivity index (χ0n) is 8.64.